The Labute approximate surface area is 115 Å². The molecule has 0 radical (unpaired) electrons. The Morgan fingerprint density at radius 1 is 1.24 bits per heavy atom. The second kappa shape index (κ2) is 5.32. The maximum absolute atomic E-state index is 4.71. The van der Waals surface area contributed by atoms with E-state index in [4.69, 9.17) is 4.98 Å². The zero-order chi connectivity index (χ0) is 12.4. The van der Waals surface area contributed by atoms with Gasteiger partial charge < -0.3 is 0 Å². The van der Waals surface area contributed by atoms with Crippen molar-refractivity contribution in [3.8, 4) is 10.6 Å². The highest BCUT2D eigenvalue weighted by Gasteiger charge is 2.13. The Morgan fingerprint density at radius 3 is 2.35 bits per heavy atom. The average molecular weight is 310 g/mol. The van der Waals surface area contributed by atoms with Gasteiger partial charge in [0.15, 0.2) is 0 Å². The molecule has 0 N–H and O–H groups in total. The number of hydrogen-bond donors (Lipinski definition) is 0. The number of rotatable bonds is 3. The smallest absolute Gasteiger partial charge is 0.124 e. The lowest BCUT2D eigenvalue weighted by atomic mass is 10.1. The summed E-state index contributed by atoms with van der Waals surface area (Å²) in [4.78, 5) is 4.71. The first-order valence-electron chi connectivity index (χ1n) is 5.87. The number of nitrogens with zero attached hydrogens (tertiary/aromatic N) is 1. The minimum atomic E-state index is 0.462. The highest BCUT2D eigenvalue weighted by atomic mass is 79.9. The van der Waals surface area contributed by atoms with Crippen molar-refractivity contribution in [3.05, 3.63) is 39.3 Å². The molecule has 0 aliphatic rings. The van der Waals surface area contributed by atoms with Gasteiger partial charge in [-0.25, -0.2) is 4.98 Å². The molecule has 0 spiro atoms. The van der Waals surface area contributed by atoms with Gasteiger partial charge in [-0.2, -0.15) is 0 Å². The van der Waals surface area contributed by atoms with Crippen LogP contribution in [-0.4, -0.2) is 4.98 Å². The molecule has 90 valence electrons. The second-order valence-corrected chi connectivity index (χ2v) is 6.70. The van der Waals surface area contributed by atoms with E-state index in [1.165, 1.54) is 11.1 Å². The molecule has 0 aliphatic heterocycles. The number of aryl methyl sites for hydroxylation is 1. The monoisotopic (exact) mass is 309 g/mol. The summed E-state index contributed by atoms with van der Waals surface area (Å²) < 4.78 is 1.15. The van der Waals surface area contributed by atoms with Crippen LogP contribution in [-0.2, 0) is 6.42 Å². The van der Waals surface area contributed by atoms with Crippen LogP contribution in [0.25, 0.3) is 10.6 Å². The first-order valence-corrected chi connectivity index (χ1v) is 7.48. The predicted molar refractivity (Wildman–Crippen MR) is 78.7 cm³/mol. The summed E-state index contributed by atoms with van der Waals surface area (Å²) in [5.41, 5.74) is 3.73. The molecule has 0 saturated carbocycles. The van der Waals surface area contributed by atoms with Crippen LogP contribution in [0.4, 0.5) is 0 Å². The van der Waals surface area contributed by atoms with E-state index in [0.29, 0.717) is 5.92 Å². The quantitative estimate of drug-likeness (QED) is 0.753. The molecule has 2 rings (SSSR count). The second-order valence-electron chi connectivity index (χ2n) is 4.38. The van der Waals surface area contributed by atoms with Crippen molar-refractivity contribution in [2.75, 3.05) is 0 Å². The zero-order valence-corrected chi connectivity index (χ0v) is 12.7. The van der Waals surface area contributed by atoms with Gasteiger partial charge in [-0.05, 0) is 33.8 Å². The average Bonchev–Trinajstić information content (AvgIpc) is 2.71. The molecule has 0 bridgehead atoms. The van der Waals surface area contributed by atoms with E-state index in [9.17, 15) is 0 Å². The molecule has 1 heterocycles. The topological polar surface area (TPSA) is 12.9 Å². The van der Waals surface area contributed by atoms with Gasteiger partial charge in [0.25, 0.3) is 0 Å². The third kappa shape index (κ3) is 2.78. The molecule has 0 aliphatic carbocycles. The van der Waals surface area contributed by atoms with E-state index in [-0.39, 0.29) is 0 Å². The minimum absolute atomic E-state index is 0.462. The summed E-state index contributed by atoms with van der Waals surface area (Å²) in [5.74, 6) is 0.462. The first kappa shape index (κ1) is 12.8. The summed E-state index contributed by atoms with van der Waals surface area (Å²) in [7, 11) is 0. The van der Waals surface area contributed by atoms with Gasteiger partial charge in [-0.1, -0.05) is 45.0 Å². The molecular weight excluding hydrogens is 294 g/mol. The van der Waals surface area contributed by atoms with Crippen molar-refractivity contribution >= 4 is 27.3 Å². The van der Waals surface area contributed by atoms with E-state index >= 15 is 0 Å². The molecule has 17 heavy (non-hydrogen) atoms. The van der Waals surface area contributed by atoms with Crippen molar-refractivity contribution in [2.24, 2.45) is 0 Å². The number of benzene rings is 1. The van der Waals surface area contributed by atoms with Crippen molar-refractivity contribution in [3.63, 3.8) is 0 Å². The fourth-order valence-electron chi connectivity index (χ4n) is 1.68. The summed E-state index contributed by atoms with van der Waals surface area (Å²) in [5, 5.41) is 1.10. The maximum Gasteiger partial charge on any atom is 0.124 e. The molecule has 0 unspecified atom stereocenters. The van der Waals surface area contributed by atoms with Crippen LogP contribution in [0, 0.1) is 0 Å². The van der Waals surface area contributed by atoms with E-state index in [1.807, 2.05) is 0 Å². The normalized spacial score (nSPS) is 11.1. The van der Waals surface area contributed by atoms with Gasteiger partial charge in [-0.15, -0.1) is 11.3 Å². The van der Waals surface area contributed by atoms with Gasteiger partial charge in [0.05, 0.1) is 9.48 Å². The van der Waals surface area contributed by atoms with Gasteiger partial charge in [0.1, 0.15) is 5.01 Å². The standard InChI is InChI=1S/C14H16BrNS/c1-4-10-5-7-11(8-6-10)14-16-12(9(2)3)13(15)17-14/h5-9H,4H2,1-3H3. The number of thiazole rings is 1. The summed E-state index contributed by atoms with van der Waals surface area (Å²) in [6, 6.07) is 8.68. The molecule has 0 fully saturated rings. The Balaban J connectivity index is 2.36. The molecular formula is C14H16BrNS. The van der Waals surface area contributed by atoms with Crippen molar-refractivity contribution in [2.45, 2.75) is 33.1 Å². The van der Waals surface area contributed by atoms with Gasteiger partial charge >= 0.3 is 0 Å². The van der Waals surface area contributed by atoms with Crippen LogP contribution in [0.15, 0.2) is 28.1 Å². The molecule has 0 amide bonds. The van der Waals surface area contributed by atoms with Crippen molar-refractivity contribution in [1.82, 2.24) is 4.98 Å². The highest BCUT2D eigenvalue weighted by molar-refractivity contribution is 9.11. The number of aromatic nitrogens is 1. The Bertz CT molecular complexity index is 499. The van der Waals surface area contributed by atoms with Crippen LogP contribution in [0.3, 0.4) is 0 Å². The van der Waals surface area contributed by atoms with Gasteiger partial charge in [0, 0.05) is 5.56 Å². The molecule has 1 aromatic carbocycles. The summed E-state index contributed by atoms with van der Waals surface area (Å²) in [6.45, 7) is 6.51. The minimum Gasteiger partial charge on any atom is -0.240 e. The lowest BCUT2D eigenvalue weighted by Crippen LogP contribution is -1.88. The van der Waals surface area contributed by atoms with Crippen LogP contribution in [0.1, 0.15) is 37.9 Å². The van der Waals surface area contributed by atoms with Crippen molar-refractivity contribution < 1.29 is 0 Å². The lowest BCUT2D eigenvalue weighted by Gasteiger charge is -2.00. The third-order valence-electron chi connectivity index (χ3n) is 2.77. The maximum atomic E-state index is 4.71. The van der Waals surface area contributed by atoms with E-state index in [1.54, 1.807) is 11.3 Å². The Kier molecular flexibility index (Phi) is 4.00. The third-order valence-corrected chi connectivity index (χ3v) is 4.57. The van der Waals surface area contributed by atoms with Crippen molar-refractivity contribution in [1.29, 1.82) is 0 Å². The van der Waals surface area contributed by atoms with Gasteiger partial charge in [-0.3, -0.25) is 0 Å². The van der Waals surface area contributed by atoms with E-state index in [2.05, 4.69) is 61.0 Å². The molecule has 0 atom stereocenters. The van der Waals surface area contributed by atoms with Crippen LogP contribution >= 0.6 is 27.3 Å². The highest BCUT2D eigenvalue weighted by Crippen LogP contribution is 2.35. The van der Waals surface area contributed by atoms with E-state index in [0.717, 1.165) is 20.9 Å². The Hall–Kier alpha value is -0.670. The largest absolute Gasteiger partial charge is 0.240 e. The van der Waals surface area contributed by atoms with Gasteiger partial charge in [0.2, 0.25) is 0 Å². The van der Waals surface area contributed by atoms with E-state index < -0.39 is 0 Å². The summed E-state index contributed by atoms with van der Waals surface area (Å²) >= 11 is 5.31. The molecule has 3 heteroatoms. The van der Waals surface area contributed by atoms with Crippen LogP contribution in [0.5, 0.6) is 0 Å². The fourth-order valence-corrected chi connectivity index (χ4v) is 3.64. The number of halogens is 1. The Morgan fingerprint density at radius 2 is 1.88 bits per heavy atom. The molecule has 1 nitrogen and oxygen atoms in total. The fraction of sp³-hybridized carbons (Fsp3) is 0.357. The lowest BCUT2D eigenvalue weighted by molar-refractivity contribution is 0.829. The number of hydrogen-bond acceptors (Lipinski definition) is 2. The van der Waals surface area contributed by atoms with Crippen LogP contribution in [0.2, 0.25) is 0 Å². The summed E-state index contributed by atoms with van der Waals surface area (Å²) in [6.07, 6.45) is 1.08. The van der Waals surface area contributed by atoms with Crippen LogP contribution < -0.4 is 0 Å². The molecule has 0 saturated heterocycles. The predicted octanol–water partition coefficient (Wildman–Crippen LogP) is 5.26. The molecule has 2 aromatic rings. The first-order chi connectivity index (χ1) is 8.11. The zero-order valence-electron chi connectivity index (χ0n) is 10.3. The SMILES string of the molecule is CCc1ccc(-c2nc(C(C)C)c(Br)s2)cc1. The molecule has 1 aromatic heterocycles.